The van der Waals surface area contributed by atoms with Crippen LogP contribution in [-0.4, -0.2) is 29.5 Å². The zero-order chi connectivity index (χ0) is 25.3. The Morgan fingerprint density at radius 2 is 1.50 bits per heavy atom. The van der Waals surface area contributed by atoms with E-state index in [0.717, 1.165) is 11.1 Å². The van der Waals surface area contributed by atoms with Crippen LogP contribution in [0.25, 0.3) is 0 Å². The van der Waals surface area contributed by atoms with Crippen LogP contribution in [0.4, 0.5) is 26.3 Å². The lowest BCUT2D eigenvalue weighted by molar-refractivity contribution is -0.143. The number of halogens is 6. The molecule has 0 radical (unpaired) electrons. The molecule has 0 amide bonds. The zero-order valence-electron chi connectivity index (χ0n) is 18.8. The molecule has 0 bridgehead atoms. The Kier molecular flexibility index (Phi) is 7.99. The molecule has 2 N–H and O–H groups in total. The van der Waals surface area contributed by atoms with Gasteiger partial charge in [-0.1, -0.05) is 24.3 Å². The van der Waals surface area contributed by atoms with Gasteiger partial charge in [0.25, 0.3) is 0 Å². The van der Waals surface area contributed by atoms with Gasteiger partial charge >= 0.3 is 12.4 Å². The van der Waals surface area contributed by atoms with Gasteiger partial charge in [0.15, 0.2) is 0 Å². The highest BCUT2D eigenvalue weighted by Crippen LogP contribution is 2.45. The summed E-state index contributed by atoms with van der Waals surface area (Å²) in [6.45, 7) is 2.94. The lowest BCUT2D eigenvalue weighted by Gasteiger charge is -2.43. The molecule has 3 rings (SSSR count). The number of benzene rings is 2. The Bertz CT molecular complexity index is 940. The van der Waals surface area contributed by atoms with Gasteiger partial charge in [0.1, 0.15) is 0 Å². The first-order chi connectivity index (χ1) is 15.9. The Hall–Kier alpha value is -2.10. The van der Waals surface area contributed by atoms with Crippen LogP contribution >= 0.6 is 0 Å². The molecule has 0 heterocycles. The molecule has 0 spiro atoms. The fourth-order valence-electron chi connectivity index (χ4n) is 4.93. The van der Waals surface area contributed by atoms with E-state index in [1.54, 1.807) is 0 Å². The van der Waals surface area contributed by atoms with Crippen LogP contribution in [0, 0.1) is 18.8 Å². The van der Waals surface area contributed by atoms with Crippen LogP contribution in [0.1, 0.15) is 59.6 Å². The smallest absolute Gasteiger partial charge is 0.396 e. The molecule has 2 aromatic carbocycles. The van der Waals surface area contributed by atoms with Crippen molar-refractivity contribution >= 4 is 0 Å². The summed E-state index contributed by atoms with van der Waals surface area (Å²) >= 11 is 0. The second kappa shape index (κ2) is 10.3. The minimum atomic E-state index is -4.94. The molecule has 0 aliphatic heterocycles. The summed E-state index contributed by atoms with van der Waals surface area (Å²) in [6.07, 6.45) is -10.6. The van der Waals surface area contributed by atoms with E-state index in [1.165, 1.54) is 6.92 Å². The number of aliphatic hydroxyl groups excluding tert-OH is 2. The van der Waals surface area contributed by atoms with Gasteiger partial charge < -0.3 is 14.9 Å². The largest absolute Gasteiger partial charge is 0.416 e. The zero-order valence-corrected chi connectivity index (χ0v) is 18.8. The average Bonchev–Trinajstić information content (AvgIpc) is 2.77. The van der Waals surface area contributed by atoms with Crippen LogP contribution < -0.4 is 0 Å². The molecule has 34 heavy (non-hydrogen) atoms. The summed E-state index contributed by atoms with van der Waals surface area (Å²) in [5.74, 6) is -0.952. The van der Waals surface area contributed by atoms with Crippen molar-refractivity contribution in [1.29, 1.82) is 0 Å². The molecule has 1 saturated carbocycles. The minimum absolute atomic E-state index is 0.0978. The van der Waals surface area contributed by atoms with Crippen LogP contribution in [0.3, 0.4) is 0 Å². The SMILES string of the molecule is Cc1ccccc1[C@H]1[C@H](CO)[C@@H](CO)CC[C@@H]1O[C@H](C)c1cc(C(F)(F)F)cc(C(F)(F)F)c1. The number of aryl methyl sites for hydroxylation is 1. The van der Waals surface area contributed by atoms with E-state index < -0.39 is 35.7 Å². The molecule has 5 atom stereocenters. The predicted octanol–water partition coefficient (Wildman–Crippen LogP) is 6.27. The third-order valence-corrected chi connectivity index (χ3v) is 6.74. The van der Waals surface area contributed by atoms with Gasteiger partial charge in [0.05, 0.1) is 23.3 Å². The average molecular weight is 490 g/mol. The van der Waals surface area contributed by atoms with E-state index >= 15 is 0 Å². The van der Waals surface area contributed by atoms with Crippen LogP contribution in [0.5, 0.6) is 0 Å². The Morgan fingerprint density at radius 1 is 0.912 bits per heavy atom. The summed E-state index contributed by atoms with van der Waals surface area (Å²) in [5.41, 5.74) is -1.21. The number of rotatable bonds is 6. The first-order valence-corrected chi connectivity index (χ1v) is 11.1. The maximum atomic E-state index is 13.3. The van der Waals surface area contributed by atoms with Gasteiger partial charge in [-0.05, 0) is 73.4 Å². The molecular formula is C25H28F6O3. The standard InChI is InChI=1S/C25H28F6O3/c1-14-5-3-4-6-20(14)23-21(13-33)16(12-32)7-8-22(23)34-15(2)17-9-18(24(26,27)28)11-19(10-17)25(29,30)31/h3-6,9-11,15-16,21-23,32-33H,7-8,12-13H2,1-2H3/t15-,16-,21-,22+,23+/m1/s1. The van der Waals surface area contributed by atoms with E-state index in [4.69, 9.17) is 4.74 Å². The molecule has 9 heteroatoms. The van der Waals surface area contributed by atoms with Gasteiger partial charge in [-0.3, -0.25) is 0 Å². The molecule has 0 saturated heterocycles. The number of ether oxygens (including phenoxy) is 1. The number of hydrogen-bond donors (Lipinski definition) is 2. The number of alkyl halides is 6. The summed E-state index contributed by atoms with van der Waals surface area (Å²) in [6, 6.07) is 8.89. The summed E-state index contributed by atoms with van der Waals surface area (Å²) in [5, 5.41) is 19.9. The summed E-state index contributed by atoms with van der Waals surface area (Å²) in [4.78, 5) is 0. The van der Waals surface area contributed by atoms with Crippen LogP contribution in [0.15, 0.2) is 42.5 Å². The van der Waals surface area contributed by atoms with Gasteiger partial charge in [0.2, 0.25) is 0 Å². The van der Waals surface area contributed by atoms with Crippen molar-refractivity contribution in [3.63, 3.8) is 0 Å². The van der Waals surface area contributed by atoms with E-state index in [-0.39, 0.29) is 42.6 Å². The first kappa shape index (κ1) is 26.5. The number of hydrogen-bond acceptors (Lipinski definition) is 3. The van der Waals surface area contributed by atoms with Crippen LogP contribution in [0.2, 0.25) is 0 Å². The van der Waals surface area contributed by atoms with Crippen molar-refractivity contribution < 1.29 is 41.3 Å². The first-order valence-electron chi connectivity index (χ1n) is 11.1. The molecule has 1 aliphatic carbocycles. The fraction of sp³-hybridized carbons (Fsp3) is 0.520. The van der Waals surface area contributed by atoms with Crippen molar-refractivity contribution in [2.75, 3.05) is 13.2 Å². The van der Waals surface area contributed by atoms with Gasteiger partial charge in [-0.25, -0.2) is 0 Å². The van der Waals surface area contributed by atoms with E-state index in [9.17, 15) is 36.6 Å². The quantitative estimate of drug-likeness (QED) is 0.469. The second-order valence-electron chi connectivity index (χ2n) is 8.90. The number of aliphatic hydroxyl groups is 2. The van der Waals surface area contributed by atoms with Gasteiger partial charge in [-0.15, -0.1) is 0 Å². The molecular weight excluding hydrogens is 462 g/mol. The topological polar surface area (TPSA) is 49.7 Å². The molecule has 0 unspecified atom stereocenters. The molecule has 1 fully saturated rings. The molecule has 0 aromatic heterocycles. The highest BCUT2D eigenvalue weighted by atomic mass is 19.4. The predicted molar refractivity (Wildman–Crippen MR) is 114 cm³/mol. The third-order valence-electron chi connectivity index (χ3n) is 6.74. The Balaban J connectivity index is 1.99. The van der Waals surface area contributed by atoms with E-state index in [1.807, 2.05) is 31.2 Å². The van der Waals surface area contributed by atoms with Gasteiger partial charge in [0, 0.05) is 19.1 Å². The summed E-state index contributed by atoms with van der Waals surface area (Å²) in [7, 11) is 0. The highest BCUT2D eigenvalue weighted by molar-refractivity contribution is 5.35. The van der Waals surface area contributed by atoms with E-state index in [2.05, 4.69) is 0 Å². The second-order valence-corrected chi connectivity index (χ2v) is 8.90. The van der Waals surface area contributed by atoms with Crippen molar-refractivity contribution in [1.82, 2.24) is 0 Å². The van der Waals surface area contributed by atoms with Gasteiger partial charge in [-0.2, -0.15) is 26.3 Å². The summed E-state index contributed by atoms with van der Waals surface area (Å²) < 4.78 is 86.0. The molecule has 3 nitrogen and oxygen atoms in total. The lowest BCUT2D eigenvalue weighted by atomic mass is 9.67. The van der Waals surface area contributed by atoms with Crippen LogP contribution in [-0.2, 0) is 17.1 Å². The Morgan fingerprint density at radius 3 is 2.00 bits per heavy atom. The molecule has 188 valence electrons. The maximum absolute atomic E-state index is 13.3. The third kappa shape index (κ3) is 5.75. The highest BCUT2D eigenvalue weighted by Gasteiger charge is 2.42. The van der Waals surface area contributed by atoms with Crippen molar-refractivity contribution in [2.24, 2.45) is 11.8 Å². The van der Waals surface area contributed by atoms with Crippen molar-refractivity contribution in [3.8, 4) is 0 Å². The fourth-order valence-corrected chi connectivity index (χ4v) is 4.93. The Labute approximate surface area is 194 Å². The monoisotopic (exact) mass is 490 g/mol. The molecule has 2 aromatic rings. The normalized spacial score (nSPS) is 24.8. The molecule has 1 aliphatic rings. The van der Waals surface area contributed by atoms with Crippen molar-refractivity contribution in [2.45, 2.75) is 57.2 Å². The lowest BCUT2D eigenvalue weighted by Crippen LogP contribution is -2.41. The van der Waals surface area contributed by atoms with E-state index in [0.29, 0.717) is 25.0 Å². The maximum Gasteiger partial charge on any atom is 0.416 e. The van der Waals surface area contributed by atoms with Crippen molar-refractivity contribution in [3.05, 3.63) is 70.3 Å². The minimum Gasteiger partial charge on any atom is -0.396 e.